The average Bonchev–Trinajstić information content (AvgIpc) is 2.90. The molecule has 0 aliphatic heterocycles. The lowest BCUT2D eigenvalue weighted by molar-refractivity contribution is -0.123. The Morgan fingerprint density at radius 1 is 1.32 bits per heavy atom. The summed E-state index contributed by atoms with van der Waals surface area (Å²) in [5.74, 6) is 0.0159. The molecule has 0 aliphatic rings. The van der Waals surface area contributed by atoms with Crippen molar-refractivity contribution in [2.75, 3.05) is 6.54 Å². The summed E-state index contributed by atoms with van der Waals surface area (Å²) in [6, 6.07) is 6.33. The molecule has 0 saturated heterocycles. The molecule has 120 valence electrons. The molecule has 1 amide bonds. The van der Waals surface area contributed by atoms with E-state index in [2.05, 4.69) is 35.4 Å². The van der Waals surface area contributed by atoms with Crippen LogP contribution in [0, 0.1) is 5.92 Å². The summed E-state index contributed by atoms with van der Waals surface area (Å²) in [4.78, 5) is 15.1. The predicted molar refractivity (Wildman–Crippen MR) is 89.9 cm³/mol. The van der Waals surface area contributed by atoms with E-state index in [1.54, 1.807) is 0 Å². The van der Waals surface area contributed by atoms with Crippen LogP contribution < -0.4 is 5.32 Å². The highest BCUT2D eigenvalue weighted by Crippen LogP contribution is 2.22. The van der Waals surface area contributed by atoms with E-state index in [-0.39, 0.29) is 18.2 Å². The number of aromatic amines is 1. The van der Waals surface area contributed by atoms with Crippen LogP contribution in [-0.2, 0) is 17.6 Å². The monoisotopic (exact) mass is 302 g/mol. The molecule has 0 bridgehead atoms. The number of aromatic nitrogens is 1. The second-order valence-electron chi connectivity index (χ2n) is 6.12. The van der Waals surface area contributed by atoms with E-state index in [1.165, 1.54) is 22.0 Å². The van der Waals surface area contributed by atoms with E-state index in [0.717, 1.165) is 12.8 Å². The molecule has 0 saturated carbocycles. The normalized spacial score (nSPS) is 12.8. The van der Waals surface area contributed by atoms with Gasteiger partial charge in [0, 0.05) is 23.6 Å². The number of hydrogen-bond donors (Lipinski definition) is 3. The summed E-state index contributed by atoms with van der Waals surface area (Å²) in [5, 5.41) is 13.8. The van der Waals surface area contributed by atoms with Crippen LogP contribution in [0.4, 0.5) is 0 Å². The summed E-state index contributed by atoms with van der Waals surface area (Å²) in [7, 11) is 0. The molecule has 3 N–H and O–H groups in total. The van der Waals surface area contributed by atoms with Crippen molar-refractivity contribution < 1.29 is 9.90 Å². The number of nitrogens with one attached hydrogen (secondary N) is 2. The van der Waals surface area contributed by atoms with Crippen molar-refractivity contribution in [3.63, 3.8) is 0 Å². The Bertz CT molecular complexity index is 631. The Balaban J connectivity index is 1.91. The molecule has 2 rings (SSSR count). The van der Waals surface area contributed by atoms with E-state index < -0.39 is 6.10 Å². The second kappa shape index (κ2) is 7.45. The molecule has 2 aromatic rings. The minimum atomic E-state index is -0.569. The highest BCUT2D eigenvalue weighted by atomic mass is 16.3. The van der Waals surface area contributed by atoms with Crippen LogP contribution in [0.15, 0.2) is 24.4 Å². The van der Waals surface area contributed by atoms with Gasteiger partial charge in [-0.2, -0.15) is 0 Å². The van der Waals surface area contributed by atoms with Crippen molar-refractivity contribution in [2.45, 2.75) is 46.1 Å². The van der Waals surface area contributed by atoms with E-state index in [1.807, 2.05) is 20.0 Å². The summed E-state index contributed by atoms with van der Waals surface area (Å²) in [6.45, 7) is 6.56. The standard InChI is InChI=1S/C18H26N2O2/c1-4-13-6-5-7-15-14(11-20-18(13)15)8-9-19-17(22)10-16(21)12(2)3/h5-7,11-12,16,20-21H,4,8-10H2,1-3H3,(H,19,22). The third-order valence-corrected chi connectivity index (χ3v) is 4.15. The number of para-hydroxylation sites is 1. The smallest absolute Gasteiger partial charge is 0.222 e. The molecule has 1 heterocycles. The lowest BCUT2D eigenvalue weighted by atomic mass is 10.0. The van der Waals surface area contributed by atoms with Crippen LogP contribution in [-0.4, -0.2) is 28.6 Å². The van der Waals surface area contributed by atoms with Gasteiger partial charge in [0.1, 0.15) is 0 Å². The summed E-state index contributed by atoms with van der Waals surface area (Å²) in [5.41, 5.74) is 3.73. The van der Waals surface area contributed by atoms with Crippen molar-refractivity contribution in [3.8, 4) is 0 Å². The Kier molecular flexibility index (Phi) is 5.61. The fourth-order valence-electron chi connectivity index (χ4n) is 2.61. The van der Waals surface area contributed by atoms with Crippen LogP contribution in [0.1, 0.15) is 38.3 Å². The molecule has 1 unspecified atom stereocenters. The second-order valence-corrected chi connectivity index (χ2v) is 6.12. The van der Waals surface area contributed by atoms with Gasteiger partial charge in [-0.3, -0.25) is 4.79 Å². The maximum Gasteiger partial charge on any atom is 0.222 e. The summed E-state index contributed by atoms with van der Waals surface area (Å²) in [6.07, 6.45) is 3.42. The highest BCUT2D eigenvalue weighted by molar-refractivity contribution is 5.86. The molecule has 0 aliphatic carbocycles. The quantitative estimate of drug-likeness (QED) is 0.736. The van der Waals surface area contributed by atoms with Crippen molar-refractivity contribution >= 4 is 16.8 Å². The largest absolute Gasteiger partial charge is 0.392 e. The van der Waals surface area contributed by atoms with Crippen LogP contribution >= 0.6 is 0 Å². The van der Waals surface area contributed by atoms with Crippen LogP contribution in [0.3, 0.4) is 0 Å². The third-order valence-electron chi connectivity index (χ3n) is 4.15. The van der Waals surface area contributed by atoms with Crippen molar-refractivity contribution in [1.82, 2.24) is 10.3 Å². The number of aryl methyl sites for hydroxylation is 1. The molecule has 1 aromatic heterocycles. The number of rotatable bonds is 7. The SMILES string of the molecule is CCc1cccc2c(CCNC(=O)CC(O)C(C)C)c[nH]c12. The molecule has 22 heavy (non-hydrogen) atoms. The first-order valence-corrected chi connectivity index (χ1v) is 8.05. The van der Waals surface area contributed by atoms with Crippen molar-refractivity contribution in [3.05, 3.63) is 35.5 Å². The van der Waals surface area contributed by atoms with Gasteiger partial charge in [-0.1, -0.05) is 39.0 Å². The zero-order valence-corrected chi connectivity index (χ0v) is 13.6. The average molecular weight is 302 g/mol. The fourth-order valence-corrected chi connectivity index (χ4v) is 2.61. The molecule has 1 aromatic carbocycles. The van der Waals surface area contributed by atoms with Gasteiger partial charge < -0.3 is 15.4 Å². The van der Waals surface area contributed by atoms with Crippen LogP contribution in [0.5, 0.6) is 0 Å². The first kappa shape index (κ1) is 16.6. The number of amides is 1. The van der Waals surface area contributed by atoms with Gasteiger partial charge >= 0.3 is 0 Å². The third kappa shape index (κ3) is 3.89. The van der Waals surface area contributed by atoms with Gasteiger partial charge in [0.25, 0.3) is 0 Å². The first-order valence-electron chi connectivity index (χ1n) is 8.05. The number of carbonyl (C=O) groups excluding carboxylic acids is 1. The number of aliphatic hydroxyl groups excluding tert-OH is 1. The molecule has 0 spiro atoms. The maximum atomic E-state index is 11.8. The fraction of sp³-hybridized carbons (Fsp3) is 0.500. The topological polar surface area (TPSA) is 65.1 Å². The lowest BCUT2D eigenvalue weighted by Gasteiger charge is -2.13. The number of carbonyl (C=O) groups is 1. The Morgan fingerprint density at radius 3 is 2.77 bits per heavy atom. The number of fused-ring (bicyclic) bond motifs is 1. The van der Waals surface area contributed by atoms with Gasteiger partial charge in [-0.05, 0) is 29.9 Å². The Labute approximate surface area is 131 Å². The lowest BCUT2D eigenvalue weighted by Crippen LogP contribution is -2.30. The predicted octanol–water partition coefficient (Wildman–Crippen LogP) is 2.80. The Morgan fingerprint density at radius 2 is 2.09 bits per heavy atom. The number of benzene rings is 1. The van der Waals surface area contributed by atoms with Gasteiger partial charge in [0.2, 0.25) is 5.91 Å². The molecule has 4 nitrogen and oxygen atoms in total. The molecule has 0 radical (unpaired) electrons. The minimum Gasteiger partial charge on any atom is -0.392 e. The van der Waals surface area contributed by atoms with E-state index >= 15 is 0 Å². The zero-order valence-electron chi connectivity index (χ0n) is 13.6. The van der Waals surface area contributed by atoms with Crippen LogP contribution in [0.2, 0.25) is 0 Å². The van der Waals surface area contributed by atoms with Gasteiger partial charge in [-0.15, -0.1) is 0 Å². The van der Waals surface area contributed by atoms with Crippen molar-refractivity contribution in [1.29, 1.82) is 0 Å². The Hall–Kier alpha value is -1.81. The van der Waals surface area contributed by atoms with Gasteiger partial charge in [0.15, 0.2) is 0 Å². The number of aliphatic hydroxyl groups is 1. The molecular formula is C18H26N2O2. The number of H-pyrrole nitrogens is 1. The summed E-state index contributed by atoms with van der Waals surface area (Å²) >= 11 is 0. The molecular weight excluding hydrogens is 276 g/mol. The van der Waals surface area contributed by atoms with Gasteiger partial charge in [-0.25, -0.2) is 0 Å². The van der Waals surface area contributed by atoms with E-state index in [9.17, 15) is 9.90 Å². The molecule has 1 atom stereocenters. The molecule has 4 heteroatoms. The highest BCUT2D eigenvalue weighted by Gasteiger charge is 2.14. The van der Waals surface area contributed by atoms with Crippen LogP contribution in [0.25, 0.3) is 10.9 Å². The number of hydrogen-bond acceptors (Lipinski definition) is 2. The minimum absolute atomic E-state index is 0.0877. The zero-order chi connectivity index (χ0) is 16.1. The maximum absolute atomic E-state index is 11.8. The van der Waals surface area contributed by atoms with E-state index in [0.29, 0.717) is 6.54 Å². The van der Waals surface area contributed by atoms with E-state index in [4.69, 9.17) is 0 Å². The molecule has 0 fully saturated rings. The van der Waals surface area contributed by atoms with Crippen molar-refractivity contribution in [2.24, 2.45) is 5.92 Å². The van der Waals surface area contributed by atoms with Gasteiger partial charge in [0.05, 0.1) is 12.5 Å². The summed E-state index contributed by atoms with van der Waals surface area (Å²) < 4.78 is 0. The first-order chi connectivity index (χ1) is 10.5.